The summed E-state index contributed by atoms with van der Waals surface area (Å²) in [6.07, 6.45) is 0.434. The minimum atomic E-state index is -3.71. The van der Waals surface area contributed by atoms with Gasteiger partial charge < -0.3 is 10.5 Å². The maximum Gasteiger partial charge on any atom is 0.263 e. The molecule has 20 heavy (non-hydrogen) atoms. The number of aromatic nitrogens is 2. The van der Waals surface area contributed by atoms with Crippen LogP contribution in [0, 0.1) is 0 Å². The second kappa shape index (κ2) is 6.16. The van der Waals surface area contributed by atoms with Gasteiger partial charge in [-0.2, -0.15) is 0 Å². The Kier molecular flexibility index (Phi) is 4.53. The van der Waals surface area contributed by atoms with Crippen LogP contribution in [0.4, 0.5) is 5.13 Å². The van der Waals surface area contributed by atoms with Crippen molar-refractivity contribution in [3.05, 3.63) is 29.3 Å². The van der Waals surface area contributed by atoms with E-state index < -0.39 is 10.0 Å². The van der Waals surface area contributed by atoms with Gasteiger partial charge in [0.25, 0.3) is 10.0 Å². The molecule has 0 aliphatic carbocycles. The predicted molar refractivity (Wildman–Crippen MR) is 76.5 cm³/mol. The van der Waals surface area contributed by atoms with E-state index in [1.165, 1.54) is 18.7 Å². The van der Waals surface area contributed by atoms with Gasteiger partial charge in [0.2, 0.25) is 5.13 Å². The minimum absolute atomic E-state index is 0.166. The van der Waals surface area contributed by atoms with E-state index in [4.69, 9.17) is 10.5 Å². The maximum absolute atomic E-state index is 12.3. The van der Waals surface area contributed by atoms with Gasteiger partial charge in [-0.15, -0.1) is 10.2 Å². The fourth-order valence-electron chi connectivity index (χ4n) is 1.68. The first-order valence-electron chi connectivity index (χ1n) is 5.73. The molecule has 3 N–H and O–H groups in total. The summed E-state index contributed by atoms with van der Waals surface area (Å²) in [6.45, 7) is 0.342. The monoisotopic (exact) mass is 314 g/mol. The fourth-order valence-corrected chi connectivity index (χ4v) is 3.63. The molecule has 7 nitrogen and oxygen atoms in total. The lowest BCUT2D eigenvalue weighted by Gasteiger charge is -2.11. The number of hydrogen-bond donors (Lipinski definition) is 2. The van der Waals surface area contributed by atoms with E-state index in [1.807, 2.05) is 0 Å². The Labute approximate surface area is 120 Å². The highest BCUT2D eigenvalue weighted by atomic mass is 32.2. The average molecular weight is 314 g/mol. The van der Waals surface area contributed by atoms with Crippen LogP contribution >= 0.6 is 11.3 Å². The molecule has 1 aromatic heterocycles. The summed E-state index contributed by atoms with van der Waals surface area (Å²) in [6, 6.07) is 4.75. The van der Waals surface area contributed by atoms with Gasteiger partial charge in [-0.1, -0.05) is 11.3 Å². The van der Waals surface area contributed by atoms with Crippen molar-refractivity contribution in [2.45, 2.75) is 11.3 Å². The number of ether oxygens (including phenoxy) is 1. The first kappa shape index (κ1) is 14.7. The van der Waals surface area contributed by atoms with E-state index >= 15 is 0 Å². The Morgan fingerprint density at radius 1 is 1.45 bits per heavy atom. The average Bonchev–Trinajstić information content (AvgIpc) is 2.91. The van der Waals surface area contributed by atoms with Gasteiger partial charge >= 0.3 is 0 Å². The number of nitrogens with two attached hydrogens (primary N) is 1. The highest BCUT2D eigenvalue weighted by Crippen LogP contribution is 2.24. The molecule has 0 radical (unpaired) electrons. The van der Waals surface area contributed by atoms with Crippen molar-refractivity contribution in [3.63, 3.8) is 0 Å². The lowest BCUT2D eigenvalue weighted by atomic mass is 10.1. The molecule has 0 bridgehead atoms. The summed E-state index contributed by atoms with van der Waals surface area (Å²) in [5.41, 5.74) is 7.58. The standard InChI is InChI=1S/C11H14N4O3S2/c1-18-9-2-3-10(8(6-9)4-5-12)20(16,17)15-11-14-13-7-19-11/h2-3,6-7H,4-5,12H2,1H3,(H,14,15). The van der Waals surface area contributed by atoms with Crippen molar-refractivity contribution in [1.82, 2.24) is 10.2 Å². The molecule has 0 aliphatic heterocycles. The van der Waals surface area contributed by atoms with Gasteiger partial charge in [-0.05, 0) is 36.7 Å². The maximum atomic E-state index is 12.3. The SMILES string of the molecule is COc1ccc(S(=O)(=O)Nc2nncs2)c(CCN)c1. The quantitative estimate of drug-likeness (QED) is 0.818. The van der Waals surface area contributed by atoms with Crippen molar-refractivity contribution < 1.29 is 13.2 Å². The molecule has 0 aliphatic rings. The van der Waals surface area contributed by atoms with Crippen LogP contribution in [0.15, 0.2) is 28.6 Å². The minimum Gasteiger partial charge on any atom is -0.497 e. The zero-order chi connectivity index (χ0) is 14.6. The number of hydrogen-bond acceptors (Lipinski definition) is 7. The molecule has 1 heterocycles. The molecule has 0 amide bonds. The third kappa shape index (κ3) is 3.24. The van der Waals surface area contributed by atoms with Gasteiger partial charge in [0, 0.05) is 0 Å². The lowest BCUT2D eigenvalue weighted by molar-refractivity contribution is 0.414. The van der Waals surface area contributed by atoms with Crippen molar-refractivity contribution in [2.75, 3.05) is 18.4 Å². The first-order valence-corrected chi connectivity index (χ1v) is 8.09. The van der Waals surface area contributed by atoms with Crippen molar-refractivity contribution in [2.24, 2.45) is 5.73 Å². The Morgan fingerprint density at radius 3 is 2.85 bits per heavy atom. The van der Waals surface area contributed by atoms with Crippen LogP contribution in [-0.2, 0) is 16.4 Å². The van der Waals surface area contributed by atoms with Crippen LogP contribution < -0.4 is 15.2 Å². The molecule has 0 unspecified atom stereocenters. The van der Waals surface area contributed by atoms with Crippen LogP contribution in [0.1, 0.15) is 5.56 Å². The third-order valence-corrected chi connectivity index (χ3v) is 4.73. The number of methoxy groups -OCH3 is 1. The molecule has 9 heteroatoms. The number of benzene rings is 1. The molecule has 2 aromatic rings. The number of nitrogens with one attached hydrogen (secondary N) is 1. The second-order valence-electron chi connectivity index (χ2n) is 3.86. The molecule has 108 valence electrons. The zero-order valence-electron chi connectivity index (χ0n) is 10.7. The summed E-state index contributed by atoms with van der Waals surface area (Å²) in [5.74, 6) is 0.586. The van der Waals surface area contributed by atoms with E-state index in [-0.39, 0.29) is 10.0 Å². The molecule has 0 saturated heterocycles. The highest BCUT2D eigenvalue weighted by molar-refractivity contribution is 7.93. The van der Waals surface area contributed by atoms with Crippen LogP contribution in [0.25, 0.3) is 0 Å². The Morgan fingerprint density at radius 2 is 2.25 bits per heavy atom. The van der Waals surface area contributed by atoms with Gasteiger partial charge in [-0.3, -0.25) is 4.72 Å². The second-order valence-corrected chi connectivity index (χ2v) is 6.35. The normalized spacial score (nSPS) is 11.3. The number of nitrogens with zero attached hydrogens (tertiary/aromatic N) is 2. The predicted octanol–water partition coefficient (Wildman–Crippen LogP) is 0.849. The first-order chi connectivity index (χ1) is 9.56. The fraction of sp³-hybridized carbons (Fsp3) is 0.273. The summed E-state index contributed by atoms with van der Waals surface area (Å²) < 4.78 is 32.2. The highest BCUT2D eigenvalue weighted by Gasteiger charge is 2.20. The Hall–Kier alpha value is -1.71. The number of anilines is 1. The smallest absolute Gasteiger partial charge is 0.263 e. The molecule has 0 fully saturated rings. The van der Waals surface area contributed by atoms with Gasteiger partial charge in [0.05, 0.1) is 12.0 Å². The largest absolute Gasteiger partial charge is 0.497 e. The van der Waals surface area contributed by atoms with E-state index in [9.17, 15) is 8.42 Å². The van der Waals surface area contributed by atoms with E-state index in [1.54, 1.807) is 12.1 Å². The van der Waals surface area contributed by atoms with Crippen molar-refractivity contribution >= 4 is 26.5 Å². The van der Waals surface area contributed by atoms with E-state index in [0.29, 0.717) is 24.3 Å². The van der Waals surface area contributed by atoms with Gasteiger partial charge in [0.1, 0.15) is 11.3 Å². The summed E-state index contributed by atoms with van der Waals surface area (Å²) in [5, 5.41) is 7.47. The van der Waals surface area contributed by atoms with Crippen LogP contribution in [0.3, 0.4) is 0 Å². The topological polar surface area (TPSA) is 107 Å². The number of rotatable bonds is 6. The summed E-state index contributed by atoms with van der Waals surface area (Å²) >= 11 is 1.11. The van der Waals surface area contributed by atoms with Crippen LogP contribution in [0.2, 0.25) is 0 Å². The number of sulfonamides is 1. The van der Waals surface area contributed by atoms with Crippen LogP contribution in [0.5, 0.6) is 5.75 Å². The molecule has 0 saturated carbocycles. The molecule has 1 aromatic carbocycles. The molecular formula is C11H14N4O3S2. The van der Waals surface area contributed by atoms with Gasteiger partial charge in [-0.25, -0.2) is 8.42 Å². The lowest BCUT2D eigenvalue weighted by Crippen LogP contribution is -2.16. The third-order valence-electron chi connectivity index (χ3n) is 2.55. The molecular weight excluding hydrogens is 300 g/mol. The van der Waals surface area contributed by atoms with Crippen LogP contribution in [-0.4, -0.2) is 32.3 Å². The molecule has 0 atom stereocenters. The Bertz CT molecular complexity index is 671. The summed E-state index contributed by atoms with van der Waals surface area (Å²) in [7, 11) is -2.19. The summed E-state index contributed by atoms with van der Waals surface area (Å²) in [4.78, 5) is 0.166. The molecule has 0 spiro atoms. The van der Waals surface area contributed by atoms with Crippen molar-refractivity contribution in [3.8, 4) is 5.75 Å². The van der Waals surface area contributed by atoms with Gasteiger partial charge in [0.15, 0.2) is 0 Å². The van der Waals surface area contributed by atoms with Crippen molar-refractivity contribution in [1.29, 1.82) is 0 Å². The Balaban J connectivity index is 2.39. The zero-order valence-corrected chi connectivity index (χ0v) is 12.4. The van der Waals surface area contributed by atoms with E-state index in [0.717, 1.165) is 11.3 Å². The van der Waals surface area contributed by atoms with E-state index in [2.05, 4.69) is 14.9 Å². The molecule has 2 rings (SSSR count).